The number of carboxylic acid groups (broad SMARTS) is 1. The van der Waals surface area contributed by atoms with Crippen molar-refractivity contribution in [1.29, 1.82) is 0 Å². The minimum absolute atomic E-state index is 0.197. The topological polar surface area (TPSA) is 108 Å². The number of carbonyl (C=O) groups is 1. The van der Waals surface area contributed by atoms with E-state index in [1.54, 1.807) is 38.1 Å². The summed E-state index contributed by atoms with van der Waals surface area (Å²) in [5.74, 6) is -0.750. The molecule has 0 amide bonds. The van der Waals surface area contributed by atoms with Gasteiger partial charge in [0, 0.05) is 0 Å². The summed E-state index contributed by atoms with van der Waals surface area (Å²) in [7, 11) is -3.62. The van der Waals surface area contributed by atoms with E-state index in [2.05, 4.69) is 0 Å². The highest BCUT2D eigenvalue weighted by Gasteiger charge is 2.27. The molecule has 0 aromatic heterocycles. The van der Waals surface area contributed by atoms with Crippen LogP contribution in [0.4, 0.5) is 0 Å². The molecule has 0 fully saturated rings. The summed E-state index contributed by atoms with van der Waals surface area (Å²) in [4.78, 5) is 10.7. The van der Waals surface area contributed by atoms with Gasteiger partial charge >= 0.3 is 13.8 Å². The normalized spacial score (nSPS) is 12.9. The minimum atomic E-state index is -3.62. The average molecular weight is 317 g/mol. The predicted molar refractivity (Wildman–Crippen MR) is 77.2 cm³/mol. The Balaban J connectivity index is 2.73. The summed E-state index contributed by atoms with van der Waals surface area (Å²) < 4.78 is 27.5. The number of carboxylic acids is 1. The minimum Gasteiger partial charge on any atom is -0.480 e. The van der Waals surface area contributed by atoms with Crippen LogP contribution >= 0.6 is 7.82 Å². The molecule has 1 atom stereocenters. The van der Waals surface area contributed by atoms with Crippen molar-refractivity contribution < 1.29 is 28.0 Å². The molecule has 0 heterocycles. The van der Waals surface area contributed by atoms with E-state index in [0.29, 0.717) is 5.75 Å². The van der Waals surface area contributed by atoms with Gasteiger partial charge in [-0.25, -0.2) is 4.57 Å². The SMILES string of the molecule is CCOP(=O)(OCC)Oc1ccc(C[C@H](N)C(=O)O)cc1. The van der Waals surface area contributed by atoms with E-state index in [0.717, 1.165) is 5.56 Å². The van der Waals surface area contributed by atoms with Crippen molar-refractivity contribution in [3.8, 4) is 5.75 Å². The summed E-state index contributed by atoms with van der Waals surface area (Å²) in [5, 5.41) is 8.75. The second kappa shape index (κ2) is 8.14. The predicted octanol–water partition coefficient (Wildman–Crippen LogP) is 2.20. The number of phosphoric ester groups is 1. The molecule has 0 spiro atoms. The maximum atomic E-state index is 12.2. The van der Waals surface area contributed by atoms with E-state index in [1.807, 2.05) is 0 Å². The molecule has 7 nitrogen and oxygen atoms in total. The Labute approximate surface area is 123 Å². The number of benzene rings is 1. The smallest absolute Gasteiger partial charge is 0.480 e. The molecule has 0 aliphatic rings. The van der Waals surface area contributed by atoms with E-state index < -0.39 is 19.8 Å². The van der Waals surface area contributed by atoms with Crippen LogP contribution < -0.4 is 10.3 Å². The molecule has 0 saturated heterocycles. The molecular formula is C13H20NO6P. The lowest BCUT2D eigenvalue weighted by atomic mass is 10.1. The molecule has 0 bridgehead atoms. The Morgan fingerprint density at radius 2 is 1.76 bits per heavy atom. The second-order valence-corrected chi connectivity index (χ2v) is 5.76. The zero-order chi connectivity index (χ0) is 15.9. The summed E-state index contributed by atoms with van der Waals surface area (Å²) >= 11 is 0. The number of nitrogens with two attached hydrogens (primary N) is 1. The fraction of sp³-hybridized carbons (Fsp3) is 0.462. The average Bonchev–Trinajstić information content (AvgIpc) is 2.41. The zero-order valence-corrected chi connectivity index (χ0v) is 12.9. The first-order valence-corrected chi connectivity index (χ1v) is 8.02. The summed E-state index contributed by atoms with van der Waals surface area (Å²) in [6, 6.07) is 5.47. The van der Waals surface area contributed by atoms with Crippen LogP contribution in [0.25, 0.3) is 0 Å². The molecule has 3 N–H and O–H groups in total. The first-order valence-electron chi connectivity index (χ1n) is 6.56. The fourth-order valence-corrected chi connectivity index (χ4v) is 2.76. The maximum absolute atomic E-state index is 12.2. The lowest BCUT2D eigenvalue weighted by Gasteiger charge is -2.17. The van der Waals surface area contributed by atoms with Gasteiger partial charge in [0.1, 0.15) is 11.8 Å². The highest BCUT2D eigenvalue weighted by Crippen LogP contribution is 2.49. The molecule has 0 aliphatic heterocycles. The largest absolute Gasteiger partial charge is 0.530 e. The molecule has 8 heteroatoms. The van der Waals surface area contributed by atoms with Gasteiger partial charge in [0.25, 0.3) is 0 Å². The summed E-state index contributed by atoms with van der Waals surface area (Å²) in [6.45, 7) is 3.77. The van der Waals surface area contributed by atoms with Gasteiger partial charge in [0.2, 0.25) is 0 Å². The van der Waals surface area contributed by atoms with E-state index in [-0.39, 0.29) is 19.6 Å². The van der Waals surface area contributed by atoms with Crippen molar-refractivity contribution in [2.75, 3.05) is 13.2 Å². The Hall–Kier alpha value is -1.40. The van der Waals surface area contributed by atoms with Gasteiger partial charge < -0.3 is 15.4 Å². The van der Waals surface area contributed by atoms with Gasteiger partial charge in [0.05, 0.1) is 13.2 Å². The molecule has 0 unspecified atom stereocenters. The lowest BCUT2D eigenvalue weighted by Crippen LogP contribution is -2.32. The molecule has 0 aliphatic carbocycles. The molecule has 1 rings (SSSR count). The Bertz CT molecular complexity index is 494. The maximum Gasteiger partial charge on any atom is 0.530 e. The number of rotatable bonds is 9. The van der Waals surface area contributed by atoms with E-state index >= 15 is 0 Å². The highest BCUT2D eigenvalue weighted by atomic mass is 31.2. The third-order valence-corrected chi connectivity index (χ3v) is 4.07. The molecule has 0 saturated carbocycles. The summed E-state index contributed by atoms with van der Waals surface area (Å²) in [5.41, 5.74) is 6.19. The van der Waals surface area contributed by atoms with Crippen LogP contribution in [0.3, 0.4) is 0 Å². The van der Waals surface area contributed by atoms with Crippen molar-refractivity contribution >= 4 is 13.8 Å². The van der Waals surface area contributed by atoms with Gasteiger partial charge in [0.15, 0.2) is 0 Å². The van der Waals surface area contributed by atoms with Gasteiger partial charge in [-0.15, -0.1) is 0 Å². The third-order valence-electron chi connectivity index (χ3n) is 2.49. The van der Waals surface area contributed by atoms with E-state index in [1.165, 1.54) is 0 Å². The molecule has 1 aromatic carbocycles. The number of aliphatic carboxylic acids is 1. The quantitative estimate of drug-likeness (QED) is 0.672. The molecule has 118 valence electrons. The van der Waals surface area contributed by atoms with E-state index in [9.17, 15) is 9.36 Å². The van der Waals surface area contributed by atoms with E-state index in [4.69, 9.17) is 24.4 Å². The van der Waals surface area contributed by atoms with Crippen LogP contribution in [0.5, 0.6) is 5.75 Å². The molecule has 0 radical (unpaired) electrons. The van der Waals surface area contributed by atoms with Crippen molar-refractivity contribution in [3.05, 3.63) is 29.8 Å². The first kappa shape index (κ1) is 17.7. The summed E-state index contributed by atoms with van der Waals surface area (Å²) in [6.07, 6.45) is 0.199. The Morgan fingerprint density at radius 3 is 2.19 bits per heavy atom. The van der Waals surface area contributed by atoms with Crippen LogP contribution in [0.2, 0.25) is 0 Å². The first-order chi connectivity index (χ1) is 9.90. The number of hydrogen-bond donors (Lipinski definition) is 2. The Morgan fingerprint density at radius 1 is 1.24 bits per heavy atom. The second-order valence-electron chi connectivity index (χ2n) is 4.17. The molecular weight excluding hydrogens is 297 g/mol. The van der Waals surface area contributed by atoms with Gasteiger partial charge in [-0.3, -0.25) is 13.8 Å². The van der Waals surface area contributed by atoms with Crippen LogP contribution in [0.15, 0.2) is 24.3 Å². The lowest BCUT2D eigenvalue weighted by molar-refractivity contribution is -0.138. The standard InChI is InChI=1S/C13H20NO6P/c1-3-18-21(17,19-4-2)20-11-7-5-10(6-8-11)9-12(14)13(15)16/h5-8,12H,3-4,9,14H2,1-2H3,(H,15,16)/t12-/m0/s1. The monoisotopic (exact) mass is 317 g/mol. The van der Waals surface area contributed by atoms with Crippen LogP contribution in [0.1, 0.15) is 19.4 Å². The number of hydrogen-bond acceptors (Lipinski definition) is 6. The van der Waals surface area contributed by atoms with Crippen molar-refractivity contribution in [2.24, 2.45) is 5.73 Å². The van der Waals surface area contributed by atoms with Crippen molar-refractivity contribution in [3.63, 3.8) is 0 Å². The van der Waals surface area contributed by atoms with Crippen molar-refractivity contribution in [1.82, 2.24) is 0 Å². The highest BCUT2D eigenvalue weighted by molar-refractivity contribution is 7.48. The van der Waals surface area contributed by atoms with Crippen LogP contribution in [-0.2, 0) is 24.8 Å². The van der Waals surface area contributed by atoms with Crippen molar-refractivity contribution in [2.45, 2.75) is 26.3 Å². The zero-order valence-electron chi connectivity index (χ0n) is 12.0. The van der Waals surface area contributed by atoms with Gasteiger partial charge in [-0.2, -0.15) is 0 Å². The van der Waals surface area contributed by atoms with Crippen LogP contribution in [-0.4, -0.2) is 30.3 Å². The third kappa shape index (κ3) is 5.85. The van der Waals surface area contributed by atoms with Gasteiger partial charge in [-0.05, 0) is 38.0 Å². The fourth-order valence-electron chi connectivity index (χ4n) is 1.56. The van der Waals surface area contributed by atoms with Gasteiger partial charge in [-0.1, -0.05) is 12.1 Å². The Kier molecular flexibility index (Phi) is 6.84. The molecule has 21 heavy (non-hydrogen) atoms. The van der Waals surface area contributed by atoms with Crippen LogP contribution in [0, 0.1) is 0 Å². The molecule has 1 aromatic rings. The number of phosphoric acid groups is 1.